The van der Waals surface area contributed by atoms with Gasteiger partial charge in [-0.1, -0.05) is 0 Å². The minimum Gasteiger partial charge on any atom is -0.379 e. The molecule has 2 rings (SSSR count). The monoisotopic (exact) mass is 299 g/mol. The number of benzene rings is 1. The summed E-state index contributed by atoms with van der Waals surface area (Å²) in [5, 5.41) is 11.3. The van der Waals surface area contributed by atoms with Gasteiger partial charge in [0.25, 0.3) is 0 Å². The van der Waals surface area contributed by atoms with Crippen LogP contribution >= 0.6 is 0 Å². The number of carbonyl (C=O) groups excluding carboxylic acids is 1. The summed E-state index contributed by atoms with van der Waals surface area (Å²) in [6.45, 7) is 0.364. The summed E-state index contributed by atoms with van der Waals surface area (Å²) >= 11 is 0. The van der Waals surface area contributed by atoms with Gasteiger partial charge in [0.2, 0.25) is 5.91 Å². The van der Waals surface area contributed by atoms with E-state index in [1.54, 1.807) is 6.07 Å². The number of alkyl halides is 3. The summed E-state index contributed by atoms with van der Waals surface area (Å²) in [6.07, 6.45) is -4.25. The van der Waals surface area contributed by atoms with Crippen LogP contribution in [0.4, 0.5) is 18.9 Å². The van der Waals surface area contributed by atoms with Crippen molar-refractivity contribution in [3.05, 3.63) is 29.3 Å². The van der Waals surface area contributed by atoms with Crippen molar-refractivity contribution in [3.63, 3.8) is 0 Å². The van der Waals surface area contributed by atoms with E-state index in [4.69, 9.17) is 15.7 Å². The Morgan fingerprint density at radius 2 is 2.19 bits per heavy atom. The minimum absolute atomic E-state index is 0.00720. The normalized spacial score (nSPS) is 21.9. The number of halogens is 3. The van der Waals surface area contributed by atoms with Crippen LogP contribution < -0.4 is 11.1 Å². The second-order valence-electron chi connectivity index (χ2n) is 4.78. The SMILES string of the molecule is N#Cc1cc(C(F)(F)F)ccc1NC(=O)C1(N)CCOC1. The summed E-state index contributed by atoms with van der Waals surface area (Å²) in [4.78, 5) is 12.0. The standard InChI is InChI=1S/C13H12F3N3O2/c14-13(15,16)9-1-2-10(8(5-9)6-17)19-11(20)12(18)3-4-21-7-12/h1-2,5H,3-4,7,18H2,(H,19,20). The van der Waals surface area contributed by atoms with Crippen molar-refractivity contribution >= 4 is 11.6 Å². The van der Waals surface area contributed by atoms with Crippen molar-refractivity contribution in [1.82, 2.24) is 0 Å². The van der Waals surface area contributed by atoms with E-state index in [9.17, 15) is 18.0 Å². The number of carbonyl (C=O) groups is 1. The van der Waals surface area contributed by atoms with E-state index < -0.39 is 23.2 Å². The fourth-order valence-electron chi connectivity index (χ4n) is 1.93. The quantitative estimate of drug-likeness (QED) is 0.869. The molecule has 1 aromatic carbocycles. The molecule has 0 saturated carbocycles. The summed E-state index contributed by atoms with van der Waals surface area (Å²) in [6, 6.07) is 4.15. The van der Waals surface area contributed by atoms with Gasteiger partial charge in [-0.25, -0.2) is 0 Å². The largest absolute Gasteiger partial charge is 0.416 e. The maximum atomic E-state index is 12.6. The van der Waals surface area contributed by atoms with Gasteiger partial charge < -0.3 is 15.8 Å². The molecule has 0 radical (unpaired) electrons. The van der Waals surface area contributed by atoms with Crippen molar-refractivity contribution in [3.8, 4) is 6.07 Å². The number of rotatable bonds is 2. The average Bonchev–Trinajstić information content (AvgIpc) is 2.86. The number of nitriles is 1. The molecule has 21 heavy (non-hydrogen) atoms. The number of ether oxygens (including phenoxy) is 1. The van der Waals surface area contributed by atoms with Crippen molar-refractivity contribution in [2.45, 2.75) is 18.1 Å². The second kappa shape index (κ2) is 5.35. The van der Waals surface area contributed by atoms with E-state index in [-0.39, 0.29) is 17.9 Å². The molecule has 1 aliphatic rings. The van der Waals surface area contributed by atoms with Gasteiger partial charge >= 0.3 is 6.18 Å². The zero-order valence-electron chi connectivity index (χ0n) is 10.8. The van der Waals surface area contributed by atoms with E-state index in [1.165, 1.54) is 0 Å². The summed E-state index contributed by atoms with van der Waals surface area (Å²) < 4.78 is 42.8. The Hall–Kier alpha value is -2.11. The van der Waals surface area contributed by atoms with Gasteiger partial charge in [0.05, 0.1) is 23.4 Å². The van der Waals surface area contributed by atoms with Gasteiger partial charge in [0.15, 0.2) is 0 Å². The number of anilines is 1. The lowest BCUT2D eigenvalue weighted by atomic mass is 9.98. The van der Waals surface area contributed by atoms with Crippen LogP contribution in [0.1, 0.15) is 17.5 Å². The van der Waals surface area contributed by atoms with Crippen LogP contribution in [0, 0.1) is 11.3 Å². The Kier molecular flexibility index (Phi) is 3.89. The molecule has 0 bridgehead atoms. The first-order valence-corrected chi connectivity index (χ1v) is 6.06. The van der Waals surface area contributed by atoms with Crippen LogP contribution in [-0.4, -0.2) is 24.7 Å². The zero-order valence-corrected chi connectivity index (χ0v) is 10.8. The highest BCUT2D eigenvalue weighted by Gasteiger charge is 2.38. The van der Waals surface area contributed by atoms with Crippen molar-refractivity contribution in [2.24, 2.45) is 5.73 Å². The van der Waals surface area contributed by atoms with Crippen LogP contribution in [0.25, 0.3) is 0 Å². The minimum atomic E-state index is -4.55. The molecular weight excluding hydrogens is 287 g/mol. The number of amides is 1. The maximum absolute atomic E-state index is 12.6. The van der Waals surface area contributed by atoms with Gasteiger partial charge in [-0.3, -0.25) is 4.79 Å². The molecule has 112 valence electrons. The van der Waals surface area contributed by atoms with E-state index in [2.05, 4.69) is 5.32 Å². The molecule has 1 fully saturated rings. The molecule has 1 amide bonds. The topological polar surface area (TPSA) is 88.1 Å². The van der Waals surface area contributed by atoms with Crippen LogP contribution in [0.2, 0.25) is 0 Å². The summed E-state index contributed by atoms with van der Waals surface area (Å²) in [5.74, 6) is -0.587. The molecular formula is C13H12F3N3O2. The van der Waals surface area contributed by atoms with Gasteiger partial charge in [-0.05, 0) is 24.6 Å². The third-order valence-electron chi connectivity index (χ3n) is 3.22. The van der Waals surface area contributed by atoms with E-state index in [1.807, 2.05) is 0 Å². The van der Waals surface area contributed by atoms with E-state index >= 15 is 0 Å². The number of nitrogens with two attached hydrogens (primary N) is 1. The molecule has 1 aromatic rings. The lowest BCUT2D eigenvalue weighted by Crippen LogP contribution is -2.51. The highest BCUT2D eigenvalue weighted by molar-refractivity contribution is 5.99. The molecule has 8 heteroatoms. The maximum Gasteiger partial charge on any atom is 0.416 e. The summed E-state index contributed by atoms with van der Waals surface area (Å²) in [7, 11) is 0. The molecule has 1 atom stereocenters. The van der Waals surface area contributed by atoms with E-state index in [0.29, 0.717) is 19.1 Å². The molecule has 1 unspecified atom stereocenters. The lowest BCUT2D eigenvalue weighted by Gasteiger charge is -2.21. The molecule has 0 aromatic heterocycles. The number of hydrogen-bond donors (Lipinski definition) is 2. The van der Waals surface area contributed by atoms with Gasteiger partial charge in [0, 0.05) is 6.61 Å². The van der Waals surface area contributed by atoms with Crippen LogP contribution in [0.5, 0.6) is 0 Å². The third kappa shape index (κ3) is 3.15. The first-order valence-electron chi connectivity index (χ1n) is 6.06. The average molecular weight is 299 g/mol. The Balaban J connectivity index is 2.25. The van der Waals surface area contributed by atoms with Crippen molar-refractivity contribution < 1.29 is 22.7 Å². The predicted molar refractivity (Wildman–Crippen MR) is 67.1 cm³/mol. The van der Waals surface area contributed by atoms with E-state index in [0.717, 1.165) is 12.1 Å². The molecule has 1 saturated heterocycles. The number of hydrogen-bond acceptors (Lipinski definition) is 4. The molecule has 0 aliphatic carbocycles. The van der Waals surface area contributed by atoms with Gasteiger partial charge in [0.1, 0.15) is 11.6 Å². The van der Waals surface area contributed by atoms with Crippen molar-refractivity contribution in [1.29, 1.82) is 5.26 Å². The Morgan fingerprint density at radius 1 is 1.48 bits per heavy atom. The number of nitrogens with one attached hydrogen (secondary N) is 1. The first-order chi connectivity index (χ1) is 9.76. The van der Waals surface area contributed by atoms with Gasteiger partial charge in [-0.15, -0.1) is 0 Å². The number of nitrogens with zero attached hydrogens (tertiary/aromatic N) is 1. The molecule has 1 heterocycles. The predicted octanol–water partition coefficient (Wildman–Crippen LogP) is 1.63. The fraction of sp³-hybridized carbons (Fsp3) is 0.385. The van der Waals surface area contributed by atoms with Crippen LogP contribution in [-0.2, 0) is 15.7 Å². The molecule has 5 nitrogen and oxygen atoms in total. The third-order valence-corrected chi connectivity index (χ3v) is 3.22. The highest BCUT2D eigenvalue weighted by Crippen LogP contribution is 2.32. The zero-order chi connectivity index (χ0) is 15.7. The summed E-state index contributed by atoms with van der Waals surface area (Å²) in [5.41, 5.74) is 3.38. The van der Waals surface area contributed by atoms with Crippen LogP contribution in [0.15, 0.2) is 18.2 Å². The first kappa shape index (κ1) is 15.3. The van der Waals surface area contributed by atoms with Gasteiger partial charge in [-0.2, -0.15) is 18.4 Å². The Labute approximate surface area is 118 Å². The molecule has 1 aliphatic heterocycles. The fourth-order valence-corrected chi connectivity index (χ4v) is 1.93. The molecule has 3 N–H and O–H groups in total. The highest BCUT2D eigenvalue weighted by atomic mass is 19.4. The van der Waals surface area contributed by atoms with Crippen LogP contribution in [0.3, 0.4) is 0 Å². The molecule has 0 spiro atoms. The van der Waals surface area contributed by atoms with Crippen molar-refractivity contribution in [2.75, 3.05) is 18.5 Å². The smallest absolute Gasteiger partial charge is 0.379 e. The second-order valence-corrected chi connectivity index (χ2v) is 4.78. The Bertz CT molecular complexity index is 602. The lowest BCUT2D eigenvalue weighted by molar-refractivity contribution is -0.137. The Morgan fingerprint density at radius 3 is 2.71 bits per heavy atom.